The lowest BCUT2D eigenvalue weighted by Gasteiger charge is -2.09. The van der Waals surface area contributed by atoms with Crippen LogP contribution in [0.25, 0.3) is 10.9 Å². The van der Waals surface area contributed by atoms with Crippen molar-refractivity contribution in [3.63, 3.8) is 0 Å². The maximum Gasteiger partial charge on any atom is 0.303 e. The van der Waals surface area contributed by atoms with Crippen molar-refractivity contribution in [3.8, 4) is 5.75 Å². The lowest BCUT2D eigenvalue weighted by Crippen LogP contribution is -2.11. The van der Waals surface area contributed by atoms with Gasteiger partial charge in [0.2, 0.25) is 0 Å². The molecule has 0 bridgehead atoms. The number of benzene rings is 3. The smallest absolute Gasteiger partial charge is 0.303 e. The number of halogens is 2. The molecule has 4 aromatic rings. The zero-order chi connectivity index (χ0) is 23.4. The molecule has 0 aliphatic heterocycles. The lowest BCUT2D eigenvalue weighted by molar-refractivity contribution is -0.137. The number of aryl methyl sites for hydroxylation is 1. The SMILES string of the molecule is O=C(O)CCCc1cn(C(=O)c2cccc(OCc3ccc(Cl)c(Cl)c3)c2)c2ccccc12. The van der Waals surface area contributed by atoms with E-state index in [0.717, 1.165) is 22.0 Å². The number of carboxylic acid groups (broad SMARTS) is 1. The van der Waals surface area contributed by atoms with E-state index < -0.39 is 5.97 Å². The van der Waals surface area contributed by atoms with Crippen molar-refractivity contribution in [2.75, 3.05) is 0 Å². The van der Waals surface area contributed by atoms with Gasteiger partial charge in [0.05, 0.1) is 15.6 Å². The summed E-state index contributed by atoms with van der Waals surface area (Å²) in [5.74, 6) is -0.451. The fourth-order valence-corrected chi connectivity index (χ4v) is 4.02. The zero-order valence-electron chi connectivity index (χ0n) is 17.6. The Morgan fingerprint density at radius 3 is 2.55 bits per heavy atom. The maximum atomic E-state index is 13.3. The summed E-state index contributed by atoms with van der Waals surface area (Å²) in [5.41, 5.74) is 3.09. The van der Waals surface area contributed by atoms with Crippen LogP contribution in [0.4, 0.5) is 0 Å². The Morgan fingerprint density at radius 1 is 0.939 bits per heavy atom. The van der Waals surface area contributed by atoms with Gasteiger partial charge in [-0.3, -0.25) is 14.2 Å². The first kappa shape index (κ1) is 22.9. The molecule has 4 rings (SSSR count). The van der Waals surface area contributed by atoms with Crippen LogP contribution in [-0.4, -0.2) is 21.6 Å². The standard InChI is InChI=1S/C26H21Cl2NO4/c27-22-12-11-17(13-23(22)28)16-33-20-7-3-5-18(14-20)26(32)29-15-19(6-4-10-25(30)31)21-8-1-2-9-24(21)29/h1-3,5,7-9,11-15H,4,6,10,16H2,(H,30,31). The summed E-state index contributed by atoms with van der Waals surface area (Å²) in [6.07, 6.45) is 2.99. The number of carboxylic acids is 1. The van der Waals surface area contributed by atoms with Gasteiger partial charge in [0.25, 0.3) is 5.91 Å². The highest BCUT2D eigenvalue weighted by Gasteiger charge is 2.16. The monoisotopic (exact) mass is 481 g/mol. The molecule has 33 heavy (non-hydrogen) atoms. The van der Waals surface area contributed by atoms with Gasteiger partial charge in [-0.1, -0.05) is 53.5 Å². The summed E-state index contributed by atoms with van der Waals surface area (Å²) in [7, 11) is 0. The molecule has 0 unspecified atom stereocenters. The molecule has 0 saturated carbocycles. The van der Waals surface area contributed by atoms with Gasteiger partial charge in [-0.2, -0.15) is 0 Å². The van der Waals surface area contributed by atoms with Crippen LogP contribution in [0.3, 0.4) is 0 Å². The van der Waals surface area contributed by atoms with Crippen molar-refractivity contribution >= 4 is 46.0 Å². The normalized spacial score (nSPS) is 11.0. The Labute approximate surface area is 201 Å². The third-order valence-corrected chi connectivity index (χ3v) is 6.06. The first-order valence-corrected chi connectivity index (χ1v) is 11.2. The average molecular weight is 482 g/mol. The van der Waals surface area contributed by atoms with Crippen molar-refractivity contribution in [1.82, 2.24) is 4.57 Å². The molecular formula is C26H21Cl2NO4. The van der Waals surface area contributed by atoms with E-state index in [-0.39, 0.29) is 18.9 Å². The fourth-order valence-electron chi connectivity index (χ4n) is 3.70. The predicted molar refractivity (Wildman–Crippen MR) is 129 cm³/mol. The molecule has 1 aromatic heterocycles. The van der Waals surface area contributed by atoms with Crippen molar-refractivity contribution in [3.05, 3.63) is 99.7 Å². The van der Waals surface area contributed by atoms with Crippen LogP contribution in [0.5, 0.6) is 5.75 Å². The number of hydrogen-bond donors (Lipinski definition) is 1. The van der Waals surface area contributed by atoms with Gasteiger partial charge in [0, 0.05) is 23.6 Å². The van der Waals surface area contributed by atoms with Crippen molar-refractivity contribution < 1.29 is 19.4 Å². The highest BCUT2D eigenvalue weighted by atomic mass is 35.5. The van der Waals surface area contributed by atoms with E-state index in [1.54, 1.807) is 47.2 Å². The Hall–Kier alpha value is -3.28. The maximum absolute atomic E-state index is 13.3. The summed E-state index contributed by atoms with van der Waals surface area (Å²) in [6.45, 7) is 0.286. The van der Waals surface area contributed by atoms with Crippen molar-refractivity contribution in [2.45, 2.75) is 25.9 Å². The number of nitrogens with zero attached hydrogens (tertiary/aromatic N) is 1. The Bertz CT molecular complexity index is 1330. The van der Waals surface area contributed by atoms with Crippen molar-refractivity contribution in [1.29, 1.82) is 0 Å². The molecule has 0 amide bonds. The van der Waals surface area contributed by atoms with E-state index in [1.807, 2.05) is 30.3 Å². The molecule has 5 nitrogen and oxygen atoms in total. The number of rotatable bonds is 8. The molecule has 1 heterocycles. The second kappa shape index (κ2) is 10.1. The summed E-state index contributed by atoms with van der Waals surface area (Å²) in [5, 5.41) is 10.8. The quantitative estimate of drug-likeness (QED) is 0.306. The topological polar surface area (TPSA) is 68.5 Å². The van der Waals surface area contributed by atoms with Gasteiger partial charge in [-0.15, -0.1) is 0 Å². The number of aliphatic carboxylic acids is 1. The minimum Gasteiger partial charge on any atom is -0.489 e. The van der Waals surface area contributed by atoms with Crippen LogP contribution >= 0.6 is 23.2 Å². The molecule has 7 heteroatoms. The van der Waals surface area contributed by atoms with Crippen LogP contribution in [-0.2, 0) is 17.8 Å². The summed E-state index contributed by atoms with van der Waals surface area (Å²) in [4.78, 5) is 24.2. The minimum atomic E-state index is -0.826. The van der Waals surface area contributed by atoms with Gasteiger partial charge >= 0.3 is 5.97 Å². The zero-order valence-corrected chi connectivity index (χ0v) is 19.1. The lowest BCUT2D eigenvalue weighted by atomic mass is 10.1. The molecule has 1 N–H and O–H groups in total. The van der Waals surface area contributed by atoms with E-state index in [1.165, 1.54) is 0 Å². The van der Waals surface area contributed by atoms with Crippen LogP contribution < -0.4 is 4.74 Å². The van der Waals surface area contributed by atoms with Gasteiger partial charge in [0.15, 0.2) is 0 Å². The second-order valence-electron chi connectivity index (χ2n) is 7.66. The largest absolute Gasteiger partial charge is 0.489 e. The average Bonchev–Trinajstić information content (AvgIpc) is 3.18. The molecular weight excluding hydrogens is 461 g/mol. The van der Waals surface area contributed by atoms with E-state index in [4.69, 9.17) is 33.0 Å². The number of carbonyl (C=O) groups excluding carboxylic acids is 1. The van der Waals surface area contributed by atoms with E-state index >= 15 is 0 Å². The number of hydrogen-bond acceptors (Lipinski definition) is 3. The molecule has 0 atom stereocenters. The molecule has 0 aliphatic rings. The highest BCUT2D eigenvalue weighted by Crippen LogP contribution is 2.26. The number of carbonyl (C=O) groups is 2. The minimum absolute atomic E-state index is 0.0890. The Morgan fingerprint density at radius 2 is 1.76 bits per heavy atom. The molecule has 0 fully saturated rings. The molecule has 0 radical (unpaired) electrons. The third kappa shape index (κ3) is 5.38. The summed E-state index contributed by atoms with van der Waals surface area (Å²) in [6, 6.07) is 19.9. The van der Waals surface area contributed by atoms with E-state index in [2.05, 4.69) is 0 Å². The molecule has 0 spiro atoms. The second-order valence-corrected chi connectivity index (χ2v) is 8.47. The van der Waals surface area contributed by atoms with Crippen LogP contribution in [0.2, 0.25) is 10.0 Å². The van der Waals surface area contributed by atoms with E-state index in [0.29, 0.717) is 34.2 Å². The molecule has 168 valence electrons. The van der Waals surface area contributed by atoms with Gasteiger partial charge in [-0.25, -0.2) is 0 Å². The van der Waals surface area contributed by atoms with Crippen LogP contribution in [0, 0.1) is 0 Å². The molecule has 0 aliphatic carbocycles. The predicted octanol–water partition coefficient (Wildman–Crippen LogP) is 6.62. The Kier molecular flexibility index (Phi) is 7.02. The van der Waals surface area contributed by atoms with Gasteiger partial charge < -0.3 is 9.84 Å². The van der Waals surface area contributed by atoms with Crippen LogP contribution in [0.1, 0.15) is 34.3 Å². The summed E-state index contributed by atoms with van der Waals surface area (Å²) >= 11 is 12.0. The first-order valence-electron chi connectivity index (χ1n) is 10.4. The first-order chi connectivity index (χ1) is 15.9. The number of para-hydroxylation sites is 1. The van der Waals surface area contributed by atoms with Gasteiger partial charge in [0.1, 0.15) is 12.4 Å². The number of aromatic nitrogens is 1. The fraction of sp³-hybridized carbons (Fsp3) is 0.154. The Balaban J connectivity index is 1.55. The number of ether oxygens (including phenoxy) is 1. The highest BCUT2D eigenvalue weighted by molar-refractivity contribution is 6.42. The summed E-state index contributed by atoms with van der Waals surface area (Å²) < 4.78 is 7.48. The van der Waals surface area contributed by atoms with E-state index in [9.17, 15) is 9.59 Å². The molecule has 0 saturated heterocycles. The van der Waals surface area contributed by atoms with Crippen LogP contribution in [0.15, 0.2) is 72.9 Å². The number of fused-ring (bicyclic) bond motifs is 1. The molecule has 3 aromatic carbocycles. The van der Waals surface area contributed by atoms with Crippen molar-refractivity contribution in [2.24, 2.45) is 0 Å². The third-order valence-electron chi connectivity index (χ3n) is 5.32. The van der Waals surface area contributed by atoms with Gasteiger partial charge in [-0.05, 0) is 60.4 Å².